The van der Waals surface area contributed by atoms with Crippen LogP contribution in [0.5, 0.6) is 11.5 Å². The van der Waals surface area contributed by atoms with E-state index in [1.807, 2.05) is 6.92 Å². The number of ether oxygens (including phenoxy) is 1. The maximum Gasteiger partial charge on any atom is 0.266 e. The number of nitrogens with one attached hydrogen (secondary N) is 1. The van der Waals surface area contributed by atoms with E-state index in [-0.39, 0.29) is 17.6 Å². The van der Waals surface area contributed by atoms with Gasteiger partial charge in [0.1, 0.15) is 4.32 Å². The number of phenols is 1. The molecule has 0 atom stereocenters. The lowest BCUT2D eigenvalue weighted by Gasteiger charge is -2.14. The van der Waals surface area contributed by atoms with Gasteiger partial charge in [-0.2, -0.15) is 0 Å². The Balaban J connectivity index is 1.45. The molecule has 0 radical (unpaired) electrons. The van der Waals surface area contributed by atoms with Crippen LogP contribution in [0.1, 0.15) is 38.2 Å². The Morgan fingerprint density at radius 3 is 2.70 bits per heavy atom. The molecule has 2 aromatic carbocycles. The largest absolute Gasteiger partial charge is 0.504 e. The predicted octanol–water partition coefficient (Wildman–Crippen LogP) is 5.84. The Morgan fingerprint density at radius 2 is 1.97 bits per heavy atom. The molecule has 0 spiro atoms. The van der Waals surface area contributed by atoms with E-state index in [1.165, 1.54) is 11.8 Å². The monoisotopic (exact) mass is 504 g/mol. The number of benzene rings is 2. The average Bonchev–Trinajstić information content (AvgIpc) is 3.04. The molecule has 0 aromatic heterocycles. The van der Waals surface area contributed by atoms with E-state index in [4.69, 9.17) is 28.6 Å². The van der Waals surface area contributed by atoms with E-state index < -0.39 is 0 Å². The fraction of sp³-hybridized carbons (Fsp3) is 0.292. The van der Waals surface area contributed by atoms with Crippen molar-refractivity contribution in [3.63, 3.8) is 0 Å². The van der Waals surface area contributed by atoms with Gasteiger partial charge in [-0.15, -0.1) is 0 Å². The number of thioether (sulfide) groups is 1. The number of hydrogen-bond acceptors (Lipinski definition) is 6. The first kappa shape index (κ1) is 25.1. The molecule has 0 unspecified atom stereocenters. The van der Waals surface area contributed by atoms with Crippen molar-refractivity contribution in [1.29, 1.82) is 0 Å². The summed E-state index contributed by atoms with van der Waals surface area (Å²) in [6.07, 6.45) is 4.44. The summed E-state index contributed by atoms with van der Waals surface area (Å²) in [5.74, 6) is 0.257. The summed E-state index contributed by atoms with van der Waals surface area (Å²) in [6, 6.07) is 11.9. The van der Waals surface area contributed by atoms with Crippen LogP contribution in [0.3, 0.4) is 0 Å². The molecule has 1 aliphatic heterocycles. The maximum atomic E-state index is 12.8. The fourth-order valence-corrected chi connectivity index (χ4v) is 4.66. The zero-order chi connectivity index (χ0) is 23.8. The van der Waals surface area contributed by atoms with Crippen LogP contribution in [0.15, 0.2) is 47.4 Å². The van der Waals surface area contributed by atoms with Gasteiger partial charge in [-0.05, 0) is 67.8 Å². The summed E-state index contributed by atoms with van der Waals surface area (Å²) in [4.78, 5) is 27.0. The first-order valence-corrected chi connectivity index (χ1v) is 12.2. The summed E-state index contributed by atoms with van der Waals surface area (Å²) < 4.78 is 5.92. The van der Waals surface area contributed by atoms with Gasteiger partial charge in [-0.1, -0.05) is 48.1 Å². The number of halogens is 1. The molecular formula is C24H25ClN2O4S2. The lowest BCUT2D eigenvalue weighted by atomic mass is 10.1. The number of nitrogens with zero attached hydrogens (tertiary/aromatic N) is 1. The molecule has 2 amide bonds. The molecule has 1 saturated heterocycles. The van der Waals surface area contributed by atoms with Crippen molar-refractivity contribution in [2.45, 2.75) is 32.6 Å². The van der Waals surface area contributed by atoms with Gasteiger partial charge >= 0.3 is 0 Å². The van der Waals surface area contributed by atoms with Gasteiger partial charge in [0, 0.05) is 23.7 Å². The zero-order valence-corrected chi connectivity index (χ0v) is 20.6. The van der Waals surface area contributed by atoms with Gasteiger partial charge in [0.25, 0.3) is 5.91 Å². The number of carbonyl (C=O) groups excluding carboxylic acids is 2. The molecule has 174 valence electrons. The summed E-state index contributed by atoms with van der Waals surface area (Å²) in [5, 5.41) is 13.3. The first-order valence-electron chi connectivity index (χ1n) is 10.6. The van der Waals surface area contributed by atoms with E-state index in [9.17, 15) is 14.7 Å². The van der Waals surface area contributed by atoms with Crippen molar-refractivity contribution < 1.29 is 19.4 Å². The second-order valence-corrected chi connectivity index (χ2v) is 9.47. The Kier molecular flexibility index (Phi) is 9.17. The van der Waals surface area contributed by atoms with Crippen molar-refractivity contribution >= 4 is 63.5 Å². The average molecular weight is 505 g/mol. The summed E-state index contributed by atoms with van der Waals surface area (Å²) in [6.45, 7) is 2.78. The normalized spacial score (nSPS) is 14.7. The number of hydrogen-bond donors (Lipinski definition) is 2. The lowest BCUT2D eigenvalue weighted by Crippen LogP contribution is -2.29. The van der Waals surface area contributed by atoms with Gasteiger partial charge in [0.05, 0.1) is 11.5 Å². The minimum atomic E-state index is -0.128. The van der Waals surface area contributed by atoms with Crippen LogP contribution in [0.25, 0.3) is 6.08 Å². The summed E-state index contributed by atoms with van der Waals surface area (Å²) in [7, 11) is 0. The van der Waals surface area contributed by atoms with Crippen molar-refractivity contribution in [3.8, 4) is 11.5 Å². The molecule has 1 aliphatic rings. The SMILES string of the molecule is CCOc1cc(/C=C2\SC(=S)N(CCCCCC(=O)Nc3ccc(Cl)cc3)C2=O)ccc1O. The predicted molar refractivity (Wildman–Crippen MR) is 138 cm³/mol. The van der Waals surface area contributed by atoms with E-state index >= 15 is 0 Å². The number of anilines is 1. The zero-order valence-electron chi connectivity index (χ0n) is 18.2. The Labute approximate surface area is 207 Å². The van der Waals surface area contributed by atoms with Crippen LogP contribution in [0.4, 0.5) is 5.69 Å². The summed E-state index contributed by atoms with van der Waals surface area (Å²) >= 11 is 12.5. The third kappa shape index (κ3) is 7.22. The smallest absolute Gasteiger partial charge is 0.266 e. The van der Waals surface area contributed by atoms with Crippen molar-refractivity contribution in [2.24, 2.45) is 0 Å². The third-order valence-corrected chi connectivity index (χ3v) is 6.50. The molecule has 1 fully saturated rings. The second-order valence-electron chi connectivity index (χ2n) is 7.36. The lowest BCUT2D eigenvalue weighted by molar-refractivity contribution is -0.122. The third-order valence-electron chi connectivity index (χ3n) is 4.87. The number of aromatic hydroxyl groups is 1. The Bertz CT molecular complexity index is 1060. The van der Waals surface area contributed by atoms with Crippen LogP contribution in [0.2, 0.25) is 5.02 Å². The van der Waals surface area contributed by atoms with Crippen molar-refractivity contribution in [2.75, 3.05) is 18.5 Å². The van der Waals surface area contributed by atoms with E-state index in [2.05, 4.69) is 5.32 Å². The highest BCUT2D eigenvalue weighted by Gasteiger charge is 2.31. The molecule has 2 aromatic rings. The van der Waals surface area contributed by atoms with Gasteiger partial charge in [0.2, 0.25) is 5.91 Å². The van der Waals surface area contributed by atoms with E-state index in [1.54, 1.807) is 53.4 Å². The molecule has 0 saturated carbocycles. The number of rotatable bonds is 10. The van der Waals surface area contributed by atoms with Gasteiger partial charge in [-0.3, -0.25) is 14.5 Å². The van der Waals surface area contributed by atoms with Crippen LogP contribution in [-0.2, 0) is 9.59 Å². The van der Waals surface area contributed by atoms with Crippen molar-refractivity contribution in [3.05, 3.63) is 58.0 Å². The topological polar surface area (TPSA) is 78.9 Å². The molecule has 2 N–H and O–H groups in total. The number of thiocarbonyl (C=S) groups is 1. The van der Waals surface area contributed by atoms with Gasteiger partial charge in [-0.25, -0.2) is 0 Å². The van der Waals surface area contributed by atoms with E-state index in [0.29, 0.717) is 39.6 Å². The maximum absolute atomic E-state index is 12.8. The molecule has 33 heavy (non-hydrogen) atoms. The highest BCUT2D eigenvalue weighted by Crippen LogP contribution is 2.34. The number of unbranched alkanes of at least 4 members (excludes halogenated alkanes) is 2. The Morgan fingerprint density at radius 1 is 1.21 bits per heavy atom. The number of carbonyl (C=O) groups is 2. The van der Waals surface area contributed by atoms with Crippen LogP contribution >= 0.6 is 35.6 Å². The van der Waals surface area contributed by atoms with Crippen molar-refractivity contribution in [1.82, 2.24) is 4.90 Å². The molecule has 6 nitrogen and oxygen atoms in total. The molecule has 1 heterocycles. The first-order chi connectivity index (χ1) is 15.9. The summed E-state index contributed by atoms with van der Waals surface area (Å²) in [5.41, 5.74) is 1.47. The standard InChI is InChI=1S/C24H25ClN2O4S2/c1-2-31-20-14-16(7-12-19(20)28)15-21-23(30)27(24(32)33-21)13-5-3-4-6-22(29)26-18-10-8-17(25)9-11-18/h7-12,14-15,28H,2-6,13H2,1H3,(H,26,29)/b21-15-. The number of amides is 2. The molecular weight excluding hydrogens is 480 g/mol. The minimum absolute atomic E-state index is 0.0498. The second kappa shape index (κ2) is 12.1. The number of phenolic OH excluding ortho intramolecular Hbond substituents is 1. The molecule has 9 heteroatoms. The molecule has 0 bridgehead atoms. The molecule has 3 rings (SSSR count). The quantitative estimate of drug-likeness (QED) is 0.240. The van der Waals surface area contributed by atoms with Crippen LogP contribution in [0, 0.1) is 0 Å². The van der Waals surface area contributed by atoms with Crippen LogP contribution < -0.4 is 10.1 Å². The van der Waals surface area contributed by atoms with Gasteiger partial charge < -0.3 is 15.2 Å². The van der Waals surface area contributed by atoms with Crippen LogP contribution in [-0.4, -0.2) is 39.3 Å². The Hall–Kier alpha value is -2.55. The van der Waals surface area contributed by atoms with Gasteiger partial charge in [0.15, 0.2) is 11.5 Å². The fourth-order valence-electron chi connectivity index (χ4n) is 3.22. The van der Waals surface area contributed by atoms with E-state index in [0.717, 1.165) is 30.5 Å². The molecule has 0 aliphatic carbocycles. The minimum Gasteiger partial charge on any atom is -0.504 e. The highest BCUT2D eigenvalue weighted by atomic mass is 35.5. The highest BCUT2D eigenvalue weighted by molar-refractivity contribution is 8.26.